The summed E-state index contributed by atoms with van der Waals surface area (Å²) in [4.78, 5) is 14.9. The Morgan fingerprint density at radius 2 is 2.22 bits per heavy atom. The summed E-state index contributed by atoms with van der Waals surface area (Å²) in [7, 11) is 0. The molecule has 2 aromatic heterocycles. The van der Waals surface area contributed by atoms with Crippen molar-refractivity contribution in [3.05, 3.63) is 31.1 Å². The predicted molar refractivity (Wildman–Crippen MR) is 81.9 cm³/mol. The molecule has 1 spiro atoms. The lowest BCUT2D eigenvalue weighted by molar-refractivity contribution is -0.0807. The molecule has 2 fully saturated rings. The minimum absolute atomic E-state index is 0.136. The molecule has 2 saturated heterocycles. The average Bonchev–Trinajstić information content (AvgIpc) is 3.17. The van der Waals surface area contributed by atoms with E-state index in [1.54, 1.807) is 25.0 Å². The predicted octanol–water partition coefficient (Wildman–Crippen LogP) is 0.523. The fourth-order valence-electron chi connectivity index (χ4n) is 3.31. The molecule has 122 valence electrons. The normalized spacial score (nSPS) is 28.2. The molecule has 2 aromatic rings. The van der Waals surface area contributed by atoms with Crippen LogP contribution < -0.4 is 4.90 Å². The summed E-state index contributed by atoms with van der Waals surface area (Å²) in [6.45, 7) is 3.54. The van der Waals surface area contributed by atoms with Gasteiger partial charge in [0.15, 0.2) is 0 Å². The molecule has 2 aliphatic heterocycles. The smallest absolute Gasteiger partial charge is 0.225 e. The molecule has 8 heteroatoms. The molecule has 2 aliphatic rings. The Balaban J connectivity index is 1.47. The second-order valence-corrected chi connectivity index (χ2v) is 6.10. The standard InChI is InChI=1S/C15H20N6O2/c1-4-17-14(18-5-1)20-6-7-22-10-15(9-20)3-2-13(23-15)8-21-12-16-11-19-21/h1,4-5,11-13H,2-3,6-10H2. The van der Waals surface area contributed by atoms with Gasteiger partial charge in [-0.1, -0.05) is 0 Å². The quantitative estimate of drug-likeness (QED) is 0.817. The largest absolute Gasteiger partial charge is 0.377 e. The van der Waals surface area contributed by atoms with Crippen molar-refractivity contribution in [2.75, 3.05) is 31.2 Å². The van der Waals surface area contributed by atoms with Crippen molar-refractivity contribution in [3.8, 4) is 0 Å². The number of ether oxygens (including phenoxy) is 2. The fourth-order valence-corrected chi connectivity index (χ4v) is 3.31. The summed E-state index contributed by atoms with van der Waals surface area (Å²) in [6.07, 6.45) is 8.91. The van der Waals surface area contributed by atoms with Gasteiger partial charge < -0.3 is 14.4 Å². The lowest BCUT2D eigenvalue weighted by Crippen LogP contribution is -2.45. The molecule has 0 N–H and O–H groups in total. The van der Waals surface area contributed by atoms with Gasteiger partial charge in [-0.25, -0.2) is 15.0 Å². The SMILES string of the molecule is c1cnc(N2CCOCC3(CCC(Cn4cncn4)O3)C2)nc1. The summed E-state index contributed by atoms with van der Waals surface area (Å²) < 4.78 is 14.0. The van der Waals surface area contributed by atoms with E-state index in [2.05, 4.69) is 25.0 Å². The third-order valence-corrected chi connectivity index (χ3v) is 4.38. The zero-order valence-electron chi connectivity index (χ0n) is 12.9. The van der Waals surface area contributed by atoms with Gasteiger partial charge in [0.2, 0.25) is 5.95 Å². The second-order valence-electron chi connectivity index (χ2n) is 6.10. The maximum Gasteiger partial charge on any atom is 0.225 e. The maximum atomic E-state index is 6.38. The first-order valence-corrected chi connectivity index (χ1v) is 7.93. The van der Waals surface area contributed by atoms with E-state index in [0.29, 0.717) is 13.2 Å². The van der Waals surface area contributed by atoms with Crippen LogP contribution >= 0.6 is 0 Å². The van der Waals surface area contributed by atoms with E-state index in [1.165, 1.54) is 0 Å². The Hall–Kier alpha value is -2.06. The van der Waals surface area contributed by atoms with Crippen molar-refractivity contribution in [1.29, 1.82) is 0 Å². The Morgan fingerprint density at radius 1 is 1.30 bits per heavy atom. The van der Waals surface area contributed by atoms with Crippen LogP contribution in [0.3, 0.4) is 0 Å². The molecule has 0 radical (unpaired) electrons. The summed E-state index contributed by atoms with van der Waals surface area (Å²) in [6, 6.07) is 1.83. The van der Waals surface area contributed by atoms with E-state index in [9.17, 15) is 0 Å². The molecule has 0 amide bonds. The minimum atomic E-state index is -0.291. The molecule has 4 rings (SSSR count). The van der Waals surface area contributed by atoms with Gasteiger partial charge in [-0.3, -0.25) is 4.68 Å². The van der Waals surface area contributed by atoms with Crippen LogP contribution in [0.25, 0.3) is 0 Å². The second kappa shape index (κ2) is 6.21. The van der Waals surface area contributed by atoms with Gasteiger partial charge in [0.1, 0.15) is 18.3 Å². The number of hydrogen-bond acceptors (Lipinski definition) is 7. The molecule has 4 heterocycles. The van der Waals surface area contributed by atoms with Crippen LogP contribution in [0, 0.1) is 0 Å². The lowest BCUT2D eigenvalue weighted by atomic mass is 10.0. The lowest BCUT2D eigenvalue weighted by Gasteiger charge is -2.31. The van der Waals surface area contributed by atoms with Crippen molar-refractivity contribution in [2.24, 2.45) is 0 Å². The Kier molecular flexibility index (Phi) is 3.92. The third-order valence-electron chi connectivity index (χ3n) is 4.38. The highest BCUT2D eigenvalue weighted by Gasteiger charge is 2.43. The van der Waals surface area contributed by atoms with Gasteiger partial charge in [0.05, 0.1) is 32.4 Å². The third kappa shape index (κ3) is 3.18. The highest BCUT2D eigenvalue weighted by Crippen LogP contribution is 2.34. The first-order valence-electron chi connectivity index (χ1n) is 7.93. The summed E-state index contributed by atoms with van der Waals surface area (Å²) in [5.41, 5.74) is -0.291. The van der Waals surface area contributed by atoms with Crippen LogP contribution in [-0.2, 0) is 16.0 Å². The number of anilines is 1. The first-order chi connectivity index (χ1) is 11.3. The van der Waals surface area contributed by atoms with E-state index in [0.717, 1.165) is 38.4 Å². The van der Waals surface area contributed by atoms with Crippen molar-refractivity contribution in [1.82, 2.24) is 24.7 Å². The molecule has 0 aliphatic carbocycles. The van der Waals surface area contributed by atoms with Gasteiger partial charge in [0.25, 0.3) is 0 Å². The van der Waals surface area contributed by atoms with Crippen LogP contribution in [0.5, 0.6) is 0 Å². The van der Waals surface area contributed by atoms with Crippen LogP contribution in [0.15, 0.2) is 31.1 Å². The van der Waals surface area contributed by atoms with Crippen molar-refractivity contribution in [3.63, 3.8) is 0 Å². The zero-order valence-corrected chi connectivity index (χ0v) is 12.9. The van der Waals surface area contributed by atoms with Crippen LogP contribution in [0.2, 0.25) is 0 Å². The van der Waals surface area contributed by atoms with Gasteiger partial charge in [-0.2, -0.15) is 5.10 Å². The Labute approximate surface area is 134 Å². The number of nitrogens with zero attached hydrogens (tertiary/aromatic N) is 6. The highest BCUT2D eigenvalue weighted by molar-refractivity contribution is 5.30. The van der Waals surface area contributed by atoms with Crippen molar-refractivity contribution >= 4 is 5.95 Å². The van der Waals surface area contributed by atoms with E-state index in [4.69, 9.17) is 9.47 Å². The van der Waals surface area contributed by atoms with Gasteiger partial charge in [0, 0.05) is 18.9 Å². The summed E-state index contributed by atoms with van der Waals surface area (Å²) in [5, 5.41) is 4.16. The number of hydrogen-bond donors (Lipinski definition) is 0. The van der Waals surface area contributed by atoms with E-state index in [-0.39, 0.29) is 11.7 Å². The molecule has 8 nitrogen and oxygen atoms in total. The molecule has 2 unspecified atom stereocenters. The summed E-state index contributed by atoms with van der Waals surface area (Å²) >= 11 is 0. The van der Waals surface area contributed by atoms with E-state index >= 15 is 0 Å². The molecular weight excluding hydrogens is 296 g/mol. The van der Waals surface area contributed by atoms with Crippen LogP contribution in [-0.4, -0.2) is 62.7 Å². The molecule has 2 atom stereocenters. The fraction of sp³-hybridized carbons (Fsp3) is 0.600. The van der Waals surface area contributed by atoms with Crippen molar-refractivity contribution in [2.45, 2.75) is 31.1 Å². The maximum absolute atomic E-state index is 6.38. The average molecular weight is 316 g/mol. The number of aromatic nitrogens is 5. The van der Waals surface area contributed by atoms with Crippen LogP contribution in [0.1, 0.15) is 12.8 Å². The highest BCUT2D eigenvalue weighted by atomic mass is 16.6. The van der Waals surface area contributed by atoms with Crippen molar-refractivity contribution < 1.29 is 9.47 Å². The Bertz CT molecular complexity index is 622. The topological polar surface area (TPSA) is 78.2 Å². The minimum Gasteiger partial charge on any atom is -0.377 e. The van der Waals surface area contributed by atoms with Gasteiger partial charge >= 0.3 is 0 Å². The molecule has 0 aromatic carbocycles. The number of rotatable bonds is 3. The summed E-state index contributed by atoms with van der Waals surface area (Å²) in [5.74, 6) is 0.737. The molecular formula is C15H20N6O2. The van der Waals surface area contributed by atoms with E-state index in [1.807, 2.05) is 10.7 Å². The monoisotopic (exact) mass is 316 g/mol. The van der Waals surface area contributed by atoms with Gasteiger partial charge in [-0.05, 0) is 18.9 Å². The first kappa shape index (κ1) is 14.5. The molecule has 23 heavy (non-hydrogen) atoms. The van der Waals surface area contributed by atoms with Gasteiger partial charge in [-0.15, -0.1) is 0 Å². The molecule has 0 bridgehead atoms. The zero-order chi connectivity index (χ0) is 15.5. The molecule has 0 saturated carbocycles. The van der Waals surface area contributed by atoms with Crippen LogP contribution in [0.4, 0.5) is 5.95 Å². The Morgan fingerprint density at radius 3 is 3.04 bits per heavy atom. The van der Waals surface area contributed by atoms with E-state index < -0.39 is 0 Å².